The summed E-state index contributed by atoms with van der Waals surface area (Å²) in [5.74, 6) is 0. The molecule has 0 atom stereocenters. The van der Waals surface area contributed by atoms with Crippen molar-refractivity contribution in [1.29, 1.82) is 0 Å². The van der Waals surface area contributed by atoms with E-state index < -0.39 is 0 Å². The summed E-state index contributed by atoms with van der Waals surface area (Å²) in [7, 11) is 0. The van der Waals surface area contributed by atoms with Gasteiger partial charge in [0.05, 0.1) is 0 Å². The number of hydrogen-bond donors (Lipinski definition) is 0. The molecule has 0 amide bonds. The molecule has 0 aromatic heterocycles. The maximum atomic E-state index is 2.38. The monoisotopic (exact) mass is 759 g/mol. The zero-order valence-electron chi connectivity index (χ0n) is 37.5. The Morgan fingerprint density at radius 3 is 1.04 bits per heavy atom. The SMILES string of the molecule is CC1(C)CCCC1.CC1(C)CCCCC1.CC1(C)CCc2ccccc21.CC1(C)c2ccccc2-c2ccccc21.CC1(C)c2ccccc2Cc2ccccc21. The number of rotatable bonds is 0. The van der Waals surface area contributed by atoms with Gasteiger partial charge in [0.1, 0.15) is 0 Å². The predicted molar refractivity (Wildman–Crippen MR) is 249 cm³/mol. The average Bonchev–Trinajstić information content (AvgIpc) is 3.83. The molecule has 57 heavy (non-hydrogen) atoms. The van der Waals surface area contributed by atoms with Gasteiger partial charge in [0, 0.05) is 10.8 Å². The second kappa shape index (κ2) is 17.5. The van der Waals surface area contributed by atoms with Crippen LogP contribution in [-0.2, 0) is 29.1 Å². The molecule has 0 aliphatic heterocycles. The fourth-order valence-corrected chi connectivity index (χ4v) is 10.4. The second-order valence-electron chi connectivity index (χ2n) is 21.0. The highest BCUT2D eigenvalue weighted by Gasteiger charge is 2.35. The van der Waals surface area contributed by atoms with Crippen molar-refractivity contribution in [2.45, 2.75) is 163 Å². The Hall–Kier alpha value is -3.90. The molecule has 302 valence electrons. The average molecular weight is 759 g/mol. The van der Waals surface area contributed by atoms with E-state index >= 15 is 0 Å². The van der Waals surface area contributed by atoms with Crippen LogP contribution in [0.4, 0.5) is 0 Å². The highest BCUT2D eigenvalue weighted by atomic mass is 14.4. The molecular weight excluding hydrogens is 685 g/mol. The molecule has 0 saturated heterocycles. The van der Waals surface area contributed by atoms with Crippen LogP contribution in [-0.4, -0.2) is 0 Å². The molecule has 5 aliphatic rings. The van der Waals surface area contributed by atoms with Gasteiger partial charge in [-0.1, -0.05) is 223 Å². The van der Waals surface area contributed by atoms with Gasteiger partial charge in [0.25, 0.3) is 0 Å². The third-order valence-corrected chi connectivity index (χ3v) is 14.2. The highest BCUT2D eigenvalue weighted by molar-refractivity contribution is 5.80. The van der Waals surface area contributed by atoms with Crippen LogP contribution in [0.1, 0.15) is 178 Å². The summed E-state index contributed by atoms with van der Waals surface area (Å²) in [6, 6.07) is 43.9. The van der Waals surface area contributed by atoms with Gasteiger partial charge >= 0.3 is 0 Å². The summed E-state index contributed by atoms with van der Waals surface area (Å²) in [6.07, 6.45) is 16.8. The number of fused-ring (bicyclic) bond motifs is 6. The molecule has 2 fully saturated rings. The van der Waals surface area contributed by atoms with Crippen LogP contribution in [0.3, 0.4) is 0 Å². The Kier molecular flexibility index (Phi) is 13.1. The molecule has 5 aromatic rings. The van der Waals surface area contributed by atoms with Crippen LogP contribution < -0.4 is 0 Å². The Morgan fingerprint density at radius 2 is 0.649 bits per heavy atom. The van der Waals surface area contributed by atoms with Crippen molar-refractivity contribution in [1.82, 2.24) is 0 Å². The van der Waals surface area contributed by atoms with Crippen LogP contribution in [0, 0.1) is 10.8 Å². The standard InChI is InChI=1S/C16H16.C15H14.C11H14.C8H16.C7H14/c1-16(2)14-9-5-3-7-12(14)11-13-8-4-6-10-15(13)16;1-15(2)13-9-5-3-7-11(13)12-8-4-6-10-14(12)15;1-11(2)8-7-9-5-3-4-6-10(9)11;1-8(2)6-4-3-5-7-8;1-7(2)5-3-4-6-7/h3-10H,11H2,1-2H3;3-10H,1-2H3;3-6H,7-8H2,1-2H3;3-7H2,1-2H3;3-6H2,1-2H3. The summed E-state index contributed by atoms with van der Waals surface area (Å²) in [6.45, 7) is 23.4. The van der Waals surface area contributed by atoms with Gasteiger partial charge in [0.15, 0.2) is 0 Å². The van der Waals surface area contributed by atoms with Crippen molar-refractivity contribution in [2.24, 2.45) is 10.8 Å². The fourth-order valence-electron chi connectivity index (χ4n) is 10.4. The van der Waals surface area contributed by atoms with E-state index in [1.807, 2.05) is 0 Å². The molecule has 0 heterocycles. The first-order valence-corrected chi connectivity index (χ1v) is 22.5. The van der Waals surface area contributed by atoms with Crippen molar-refractivity contribution >= 4 is 0 Å². The van der Waals surface area contributed by atoms with E-state index in [0.29, 0.717) is 16.2 Å². The molecule has 0 nitrogen and oxygen atoms in total. The molecule has 0 radical (unpaired) electrons. The maximum absolute atomic E-state index is 2.38. The molecule has 0 spiro atoms. The smallest absolute Gasteiger partial charge is 0.0158 e. The zero-order valence-corrected chi connectivity index (χ0v) is 37.5. The van der Waals surface area contributed by atoms with Crippen LogP contribution in [0.2, 0.25) is 0 Å². The van der Waals surface area contributed by atoms with E-state index in [0.717, 1.165) is 6.42 Å². The number of hydrogen-bond acceptors (Lipinski definition) is 0. The summed E-state index contributed by atoms with van der Waals surface area (Å²) in [4.78, 5) is 0. The lowest BCUT2D eigenvalue weighted by atomic mass is 9.69. The molecule has 10 rings (SSSR count). The highest BCUT2D eigenvalue weighted by Crippen LogP contribution is 2.48. The molecule has 5 aliphatic carbocycles. The van der Waals surface area contributed by atoms with Gasteiger partial charge < -0.3 is 0 Å². The number of benzene rings is 5. The molecule has 0 bridgehead atoms. The number of aryl methyl sites for hydroxylation is 1. The minimum absolute atomic E-state index is 0.144. The van der Waals surface area contributed by atoms with Gasteiger partial charge in [-0.25, -0.2) is 0 Å². The normalized spacial score (nSPS) is 20.0. The topological polar surface area (TPSA) is 0 Å². The predicted octanol–water partition coefficient (Wildman–Crippen LogP) is 16.4. The largest absolute Gasteiger partial charge is 0.0620 e. The van der Waals surface area contributed by atoms with Gasteiger partial charge in [0.2, 0.25) is 0 Å². The lowest BCUT2D eigenvalue weighted by Gasteiger charge is -2.35. The van der Waals surface area contributed by atoms with Crippen molar-refractivity contribution in [3.8, 4) is 11.1 Å². The summed E-state index contributed by atoms with van der Waals surface area (Å²) in [5.41, 5.74) is 16.8. The molecule has 5 aromatic carbocycles. The van der Waals surface area contributed by atoms with Crippen molar-refractivity contribution in [3.05, 3.63) is 166 Å². The minimum atomic E-state index is 0.144. The van der Waals surface area contributed by atoms with E-state index in [-0.39, 0.29) is 10.8 Å². The van der Waals surface area contributed by atoms with Gasteiger partial charge in [-0.15, -0.1) is 0 Å². The van der Waals surface area contributed by atoms with Crippen molar-refractivity contribution < 1.29 is 0 Å². The van der Waals surface area contributed by atoms with Gasteiger partial charge in [-0.2, -0.15) is 0 Å². The molecular formula is C57H74. The Labute approximate surface area is 349 Å². The first-order valence-electron chi connectivity index (χ1n) is 22.5. The van der Waals surface area contributed by atoms with Crippen LogP contribution >= 0.6 is 0 Å². The third kappa shape index (κ3) is 10.0. The first-order chi connectivity index (χ1) is 27.0. The Morgan fingerprint density at radius 1 is 0.316 bits per heavy atom. The third-order valence-electron chi connectivity index (χ3n) is 14.2. The Balaban J connectivity index is 0.000000125. The fraction of sp³-hybridized carbons (Fsp3) is 0.474. The van der Waals surface area contributed by atoms with E-state index in [2.05, 4.69) is 191 Å². The van der Waals surface area contributed by atoms with Crippen LogP contribution in [0.5, 0.6) is 0 Å². The van der Waals surface area contributed by atoms with Crippen LogP contribution in [0.15, 0.2) is 121 Å². The van der Waals surface area contributed by atoms with Crippen LogP contribution in [0.25, 0.3) is 11.1 Å². The molecule has 0 N–H and O–H groups in total. The lowest BCUT2D eigenvalue weighted by Crippen LogP contribution is -2.26. The van der Waals surface area contributed by atoms with E-state index in [1.165, 1.54) is 115 Å². The van der Waals surface area contributed by atoms with Crippen molar-refractivity contribution in [3.63, 3.8) is 0 Å². The first kappa shape index (κ1) is 42.7. The lowest BCUT2D eigenvalue weighted by molar-refractivity contribution is 0.244. The summed E-state index contributed by atoms with van der Waals surface area (Å²) >= 11 is 0. The van der Waals surface area contributed by atoms with E-state index in [4.69, 9.17) is 0 Å². The maximum Gasteiger partial charge on any atom is 0.0158 e. The minimum Gasteiger partial charge on any atom is -0.0620 e. The summed E-state index contributed by atoms with van der Waals surface area (Å²) < 4.78 is 0. The quantitative estimate of drug-likeness (QED) is 0.148. The van der Waals surface area contributed by atoms with E-state index in [1.54, 1.807) is 11.1 Å². The molecule has 2 saturated carbocycles. The van der Waals surface area contributed by atoms with Gasteiger partial charge in [-0.3, -0.25) is 0 Å². The zero-order chi connectivity index (χ0) is 40.9. The molecule has 0 unspecified atom stereocenters. The van der Waals surface area contributed by atoms with Crippen molar-refractivity contribution in [2.75, 3.05) is 0 Å². The summed E-state index contributed by atoms with van der Waals surface area (Å²) in [5, 5.41) is 0. The second-order valence-corrected chi connectivity index (χ2v) is 21.0. The van der Waals surface area contributed by atoms with Gasteiger partial charge in [-0.05, 0) is 117 Å². The van der Waals surface area contributed by atoms with E-state index in [9.17, 15) is 0 Å². The Bertz CT molecular complexity index is 1970. The molecule has 0 heteroatoms.